The van der Waals surface area contributed by atoms with Crippen LogP contribution in [0.1, 0.15) is 35.0 Å². The molecule has 1 atom stereocenters. The van der Waals surface area contributed by atoms with Gasteiger partial charge in [-0.25, -0.2) is 9.78 Å². The topological polar surface area (TPSA) is 83.2 Å². The minimum atomic E-state index is -1.03. The lowest BCUT2D eigenvalue weighted by atomic mass is 10.1. The van der Waals surface area contributed by atoms with Crippen LogP contribution in [-0.2, 0) is 11.2 Å². The van der Waals surface area contributed by atoms with E-state index in [1.54, 1.807) is 24.3 Å². The Hall–Kier alpha value is -2.65. The van der Waals surface area contributed by atoms with Crippen LogP contribution in [0, 0.1) is 18.3 Å². The molecule has 24 heavy (non-hydrogen) atoms. The monoisotopic (exact) mass is 342 g/mol. The molecule has 0 aliphatic rings. The van der Waals surface area contributed by atoms with E-state index in [-0.39, 0.29) is 0 Å². The Labute approximate surface area is 144 Å². The highest BCUT2D eigenvalue weighted by atomic mass is 32.1. The van der Waals surface area contributed by atoms with Gasteiger partial charge >= 0.3 is 5.97 Å². The number of ether oxygens (including phenoxy) is 1. The summed E-state index contributed by atoms with van der Waals surface area (Å²) in [5, 5.41) is 19.0. The summed E-state index contributed by atoms with van der Waals surface area (Å²) in [6, 6.07) is 9.17. The standard InChI is InChI=1S/C18H18N2O3S/c1-4-16-12(3)24-17(20-16)14(10-19)8-13-6-5-7-15(9-13)23-11(2)18(21)22/h5-9,11H,4H2,1-3H3,(H,21,22). The van der Waals surface area contributed by atoms with Gasteiger partial charge in [-0.3, -0.25) is 0 Å². The number of benzene rings is 1. The summed E-state index contributed by atoms with van der Waals surface area (Å²) in [6.45, 7) is 5.50. The number of aryl methyl sites for hydroxylation is 2. The highest BCUT2D eigenvalue weighted by molar-refractivity contribution is 7.12. The van der Waals surface area contributed by atoms with Crippen molar-refractivity contribution in [3.63, 3.8) is 0 Å². The van der Waals surface area contributed by atoms with Crippen molar-refractivity contribution < 1.29 is 14.6 Å². The SMILES string of the molecule is CCc1nc(C(C#N)=Cc2cccc(OC(C)C(=O)O)c2)sc1C. The van der Waals surface area contributed by atoms with Gasteiger partial charge in [-0.15, -0.1) is 11.3 Å². The van der Waals surface area contributed by atoms with Crippen LogP contribution in [0.2, 0.25) is 0 Å². The molecule has 0 fully saturated rings. The predicted molar refractivity (Wildman–Crippen MR) is 93.9 cm³/mol. The molecule has 1 aromatic carbocycles. The Morgan fingerprint density at radius 3 is 2.88 bits per heavy atom. The number of rotatable bonds is 6. The number of thiazole rings is 1. The van der Waals surface area contributed by atoms with Crippen molar-refractivity contribution in [3.8, 4) is 11.8 Å². The highest BCUT2D eigenvalue weighted by Crippen LogP contribution is 2.26. The number of allylic oxidation sites excluding steroid dienone is 1. The Morgan fingerprint density at radius 1 is 1.54 bits per heavy atom. The lowest BCUT2D eigenvalue weighted by molar-refractivity contribution is -0.144. The van der Waals surface area contributed by atoms with E-state index >= 15 is 0 Å². The van der Waals surface area contributed by atoms with Crippen molar-refractivity contribution in [1.29, 1.82) is 5.26 Å². The van der Waals surface area contributed by atoms with Crippen LogP contribution in [-0.4, -0.2) is 22.2 Å². The number of nitrogens with zero attached hydrogens (tertiary/aromatic N) is 2. The van der Waals surface area contributed by atoms with Crippen molar-refractivity contribution >= 4 is 29.0 Å². The molecule has 1 N–H and O–H groups in total. The minimum Gasteiger partial charge on any atom is -0.479 e. The zero-order valence-corrected chi connectivity index (χ0v) is 14.6. The third-order valence-corrected chi connectivity index (χ3v) is 4.45. The van der Waals surface area contributed by atoms with Crippen LogP contribution in [0.4, 0.5) is 0 Å². The van der Waals surface area contributed by atoms with Gasteiger partial charge in [-0.05, 0) is 44.0 Å². The molecule has 1 heterocycles. The van der Waals surface area contributed by atoms with Crippen molar-refractivity contribution in [1.82, 2.24) is 4.98 Å². The molecule has 1 unspecified atom stereocenters. The number of aromatic nitrogens is 1. The van der Waals surface area contributed by atoms with E-state index in [4.69, 9.17) is 9.84 Å². The molecule has 124 valence electrons. The maximum atomic E-state index is 10.9. The number of carboxylic acids is 1. The van der Waals surface area contributed by atoms with Crippen LogP contribution in [0.5, 0.6) is 5.75 Å². The smallest absolute Gasteiger partial charge is 0.344 e. The van der Waals surface area contributed by atoms with Gasteiger partial charge in [0.25, 0.3) is 0 Å². The Morgan fingerprint density at radius 2 is 2.29 bits per heavy atom. The summed E-state index contributed by atoms with van der Waals surface area (Å²) in [7, 11) is 0. The Bertz CT molecular complexity index is 818. The number of nitriles is 1. The molecule has 2 aromatic rings. The number of aliphatic carboxylic acids is 1. The summed E-state index contributed by atoms with van der Waals surface area (Å²) < 4.78 is 5.35. The van der Waals surface area contributed by atoms with Crippen LogP contribution in [0.15, 0.2) is 24.3 Å². The molecule has 0 aliphatic heterocycles. The Balaban J connectivity index is 2.31. The van der Waals surface area contributed by atoms with Crippen LogP contribution < -0.4 is 4.74 Å². The van der Waals surface area contributed by atoms with E-state index in [9.17, 15) is 10.1 Å². The average molecular weight is 342 g/mol. The lowest BCUT2D eigenvalue weighted by Crippen LogP contribution is -2.22. The van der Waals surface area contributed by atoms with Crippen molar-refractivity contribution in [2.24, 2.45) is 0 Å². The molecule has 0 spiro atoms. The third kappa shape index (κ3) is 4.21. The second-order valence-electron chi connectivity index (χ2n) is 5.22. The molecule has 0 radical (unpaired) electrons. The van der Waals surface area contributed by atoms with E-state index in [1.165, 1.54) is 18.3 Å². The quantitative estimate of drug-likeness (QED) is 0.804. The van der Waals surface area contributed by atoms with E-state index in [0.29, 0.717) is 16.3 Å². The first-order valence-corrected chi connectivity index (χ1v) is 8.34. The van der Waals surface area contributed by atoms with Gasteiger partial charge in [-0.1, -0.05) is 19.1 Å². The Kier molecular flexibility index (Phi) is 5.72. The van der Waals surface area contributed by atoms with E-state index in [1.807, 2.05) is 19.9 Å². The largest absolute Gasteiger partial charge is 0.479 e. The molecular formula is C18H18N2O3S. The van der Waals surface area contributed by atoms with Gasteiger partial charge in [0.2, 0.25) is 0 Å². The summed E-state index contributed by atoms with van der Waals surface area (Å²) in [5.74, 6) is -0.584. The lowest BCUT2D eigenvalue weighted by Gasteiger charge is -2.10. The molecule has 2 rings (SSSR count). The fraction of sp³-hybridized carbons (Fsp3) is 0.278. The van der Waals surface area contributed by atoms with Crippen molar-refractivity contribution in [2.75, 3.05) is 0 Å². The first-order valence-electron chi connectivity index (χ1n) is 7.52. The molecule has 0 amide bonds. The first-order chi connectivity index (χ1) is 11.4. The maximum absolute atomic E-state index is 10.9. The van der Waals surface area contributed by atoms with E-state index in [0.717, 1.165) is 22.6 Å². The summed E-state index contributed by atoms with van der Waals surface area (Å²) in [6.07, 6.45) is 1.63. The summed E-state index contributed by atoms with van der Waals surface area (Å²) in [4.78, 5) is 16.5. The second-order valence-corrected chi connectivity index (χ2v) is 6.42. The molecule has 5 nitrogen and oxygen atoms in total. The molecule has 0 aliphatic carbocycles. The van der Waals surface area contributed by atoms with Gasteiger partial charge < -0.3 is 9.84 Å². The third-order valence-electron chi connectivity index (χ3n) is 3.41. The summed E-state index contributed by atoms with van der Waals surface area (Å²) in [5.41, 5.74) is 2.24. The van der Waals surface area contributed by atoms with E-state index in [2.05, 4.69) is 11.1 Å². The molecule has 6 heteroatoms. The fourth-order valence-corrected chi connectivity index (χ4v) is 3.08. The molecular weight excluding hydrogens is 324 g/mol. The number of carbonyl (C=O) groups is 1. The predicted octanol–water partition coefficient (Wildman–Crippen LogP) is 3.93. The van der Waals surface area contributed by atoms with Gasteiger partial charge in [0, 0.05) is 4.88 Å². The zero-order valence-electron chi connectivity index (χ0n) is 13.7. The number of hydrogen-bond donors (Lipinski definition) is 1. The van der Waals surface area contributed by atoms with Crippen molar-refractivity contribution in [2.45, 2.75) is 33.3 Å². The van der Waals surface area contributed by atoms with Crippen molar-refractivity contribution in [3.05, 3.63) is 45.4 Å². The number of hydrogen-bond acceptors (Lipinski definition) is 5. The number of carboxylic acid groups (broad SMARTS) is 1. The fourth-order valence-electron chi connectivity index (χ4n) is 2.11. The molecule has 0 saturated heterocycles. The van der Waals surface area contributed by atoms with Gasteiger partial charge in [0.1, 0.15) is 16.8 Å². The molecule has 0 bridgehead atoms. The van der Waals surface area contributed by atoms with Crippen LogP contribution in [0.25, 0.3) is 11.6 Å². The van der Waals surface area contributed by atoms with Gasteiger partial charge in [0.15, 0.2) is 6.10 Å². The van der Waals surface area contributed by atoms with Gasteiger partial charge in [0.05, 0.1) is 11.3 Å². The highest BCUT2D eigenvalue weighted by Gasteiger charge is 2.13. The molecule has 0 saturated carbocycles. The first kappa shape index (κ1) is 17.7. The maximum Gasteiger partial charge on any atom is 0.344 e. The summed E-state index contributed by atoms with van der Waals surface area (Å²) >= 11 is 1.50. The molecule has 1 aromatic heterocycles. The van der Waals surface area contributed by atoms with Crippen LogP contribution >= 0.6 is 11.3 Å². The average Bonchev–Trinajstić information content (AvgIpc) is 2.93. The zero-order chi connectivity index (χ0) is 17.7. The minimum absolute atomic E-state index is 0.445. The second kappa shape index (κ2) is 7.75. The normalized spacial score (nSPS) is 12.5. The van der Waals surface area contributed by atoms with Crippen LogP contribution in [0.3, 0.4) is 0 Å². The van der Waals surface area contributed by atoms with E-state index < -0.39 is 12.1 Å². The van der Waals surface area contributed by atoms with Gasteiger partial charge in [-0.2, -0.15) is 5.26 Å².